The third-order valence-electron chi connectivity index (χ3n) is 15.4. The minimum atomic E-state index is 0.322. The van der Waals surface area contributed by atoms with Crippen molar-refractivity contribution in [3.63, 3.8) is 0 Å². The number of halogens is 6. The summed E-state index contributed by atoms with van der Waals surface area (Å²) in [7, 11) is 0. The number of hydrogen-bond donors (Lipinski definition) is 0. The highest BCUT2D eigenvalue weighted by atomic mass is 35.5. The molecule has 3 nitrogen and oxygen atoms in total. The Hall–Kier alpha value is -0.720. The maximum Gasteiger partial charge on any atom is 0.0595 e. The van der Waals surface area contributed by atoms with Gasteiger partial charge in [-0.25, -0.2) is 0 Å². The topological polar surface area (TPSA) is 9.72 Å². The van der Waals surface area contributed by atoms with Crippen LogP contribution in [0.15, 0.2) is 54.6 Å². The van der Waals surface area contributed by atoms with Crippen molar-refractivity contribution in [3.8, 4) is 0 Å². The Kier molecular flexibility index (Phi) is 14.9. The van der Waals surface area contributed by atoms with Gasteiger partial charge in [-0.05, 0) is 129 Å². The van der Waals surface area contributed by atoms with Crippen molar-refractivity contribution in [3.05, 3.63) is 101 Å². The number of rotatable bonds is 6. The van der Waals surface area contributed by atoms with Crippen LogP contribution >= 0.6 is 69.6 Å². The Balaban J connectivity index is 0.000000131. The van der Waals surface area contributed by atoms with E-state index in [0.717, 1.165) is 37.4 Å². The molecule has 3 aromatic rings. The molecule has 3 aromatic carbocycles. The fourth-order valence-electron chi connectivity index (χ4n) is 12.2. The quantitative estimate of drug-likeness (QED) is 0.244. The van der Waals surface area contributed by atoms with Crippen molar-refractivity contribution in [1.82, 2.24) is 14.7 Å². The number of fused-ring (bicyclic) bond motifs is 3. The van der Waals surface area contributed by atoms with Crippen molar-refractivity contribution < 1.29 is 0 Å². The molecular formula is C48H63Cl6N3. The predicted molar refractivity (Wildman–Crippen MR) is 247 cm³/mol. The molecule has 3 aliphatic heterocycles. The molecule has 312 valence electrons. The smallest absolute Gasteiger partial charge is 0.0595 e. The zero-order valence-corrected chi connectivity index (χ0v) is 38.9. The molecule has 57 heavy (non-hydrogen) atoms. The molecule has 0 aromatic heterocycles. The molecule has 9 rings (SSSR count). The van der Waals surface area contributed by atoms with Crippen LogP contribution in [0.5, 0.6) is 0 Å². The molecule has 0 bridgehead atoms. The van der Waals surface area contributed by atoms with Crippen molar-refractivity contribution in [2.24, 2.45) is 17.8 Å². The zero-order chi connectivity index (χ0) is 40.4. The van der Waals surface area contributed by atoms with E-state index in [0.29, 0.717) is 46.4 Å². The molecule has 3 aliphatic carbocycles. The summed E-state index contributed by atoms with van der Waals surface area (Å²) in [5.74, 6) is 2.37. The lowest BCUT2D eigenvalue weighted by Gasteiger charge is -2.39. The lowest BCUT2D eigenvalue weighted by atomic mass is 9.64. The van der Waals surface area contributed by atoms with Gasteiger partial charge in [0.25, 0.3) is 0 Å². The summed E-state index contributed by atoms with van der Waals surface area (Å²) < 4.78 is 0. The van der Waals surface area contributed by atoms with Gasteiger partial charge in [-0.1, -0.05) is 147 Å². The lowest BCUT2D eigenvalue weighted by molar-refractivity contribution is 0.241. The second-order valence-electron chi connectivity index (χ2n) is 18.2. The van der Waals surface area contributed by atoms with Crippen LogP contribution in [-0.4, -0.2) is 73.6 Å². The summed E-state index contributed by atoms with van der Waals surface area (Å²) in [6, 6.07) is 18.8. The Labute approximate surface area is 374 Å². The first-order valence-electron chi connectivity index (χ1n) is 22.0. The molecule has 0 spiro atoms. The fraction of sp³-hybridized carbons (Fsp3) is 0.625. The Morgan fingerprint density at radius 1 is 0.421 bits per heavy atom. The minimum absolute atomic E-state index is 0.322. The number of hydrogen-bond acceptors (Lipinski definition) is 3. The first-order chi connectivity index (χ1) is 27.5. The summed E-state index contributed by atoms with van der Waals surface area (Å²) in [4.78, 5) is 7.79. The molecule has 0 radical (unpaired) electrons. The second-order valence-corrected chi connectivity index (χ2v) is 20.6. The van der Waals surface area contributed by atoms with Crippen molar-refractivity contribution >= 4 is 69.6 Å². The molecule has 0 N–H and O–H groups in total. The van der Waals surface area contributed by atoms with Gasteiger partial charge in [0.05, 0.1) is 30.1 Å². The first kappa shape index (κ1) is 44.3. The average Bonchev–Trinajstić information content (AvgIpc) is 3.94. The van der Waals surface area contributed by atoms with Crippen LogP contribution in [0.3, 0.4) is 0 Å². The monoisotopic (exact) mass is 891 g/mol. The molecule has 6 aliphatic rings. The first-order valence-corrected chi connectivity index (χ1v) is 24.3. The third kappa shape index (κ3) is 9.11. The fourth-order valence-corrected chi connectivity index (χ4v) is 13.1. The Morgan fingerprint density at radius 2 is 0.702 bits per heavy atom. The number of likely N-dealkylation sites (tertiary alicyclic amines) is 3. The highest BCUT2D eigenvalue weighted by molar-refractivity contribution is 6.43. The maximum absolute atomic E-state index is 6.24. The van der Waals surface area contributed by atoms with E-state index in [-0.39, 0.29) is 0 Å². The molecule has 6 atom stereocenters. The molecule has 3 saturated carbocycles. The normalized spacial score (nSPS) is 31.4. The largest absolute Gasteiger partial charge is 0.302 e. The molecule has 9 heteroatoms. The van der Waals surface area contributed by atoms with E-state index in [2.05, 4.69) is 71.9 Å². The Bertz CT molecular complexity index is 1630. The standard InChI is InChI=1S/3C16H21Cl2N/c3*1-2-19-10-13-5-3-4-8-16(13,11-19)12-6-7-14(17)15(18)9-12/h3*6-7,9,13H,2-5,8,10-11H2,1H3/t3*13-,16+/m100/s1. The van der Waals surface area contributed by atoms with Gasteiger partial charge in [0, 0.05) is 55.5 Å². The van der Waals surface area contributed by atoms with Crippen molar-refractivity contribution in [2.45, 2.75) is 114 Å². The van der Waals surface area contributed by atoms with Crippen molar-refractivity contribution in [1.29, 1.82) is 0 Å². The van der Waals surface area contributed by atoms with Crippen LogP contribution < -0.4 is 0 Å². The SMILES string of the molecule is CCN1C[C@@H]2CCCC[C@]2(c2ccc(Cl)c(Cl)c2)C1.CCN1C[C@@H]2CCCC[C@]2(c2ccc(Cl)c(Cl)c2)C1.CCN1C[C@H]2CCCC[C@@]2(c2ccc(Cl)c(Cl)c2)C1. The Morgan fingerprint density at radius 3 is 0.947 bits per heavy atom. The van der Waals surface area contributed by atoms with Crippen LogP contribution in [0.4, 0.5) is 0 Å². The van der Waals surface area contributed by atoms with Gasteiger partial charge >= 0.3 is 0 Å². The minimum Gasteiger partial charge on any atom is -0.302 e. The molecule has 6 fully saturated rings. The predicted octanol–water partition coefficient (Wildman–Crippen LogP) is 14.3. The zero-order valence-electron chi connectivity index (χ0n) is 34.4. The van der Waals surface area contributed by atoms with Crippen LogP contribution in [0, 0.1) is 17.8 Å². The van der Waals surface area contributed by atoms with Crippen LogP contribution in [-0.2, 0) is 16.2 Å². The van der Waals surface area contributed by atoms with Crippen molar-refractivity contribution in [2.75, 3.05) is 58.9 Å². The summed E-state index contributed by atoms with van der Waals surface area (Å²) in [5, 5.41) is 4.10. The number of benzene rings is 3. The molecular weight excluding hydrogens is 831 g/mol. The van der Waals surface area contributed by atoms with Gasteiger partial charge in [-0.2, -0.15) is 0 Å². The number of nitrogens with zero attached hydrogens (tertiary/aromatic N) is 3. The van der Waals surface area contributed by atoms with E-state index in [9.17, 15) is 0 Å². The third-order valence-corrected chi connectivity index (χ3v) is 17.6. The van der Waals surface area contributed by atoms with Crippen LogP contribution in [0.2, 0.25) is 30.1 Å². The number of likely N-dealkylation sites (N-methyl/N-ethyl adjacent to an activating group) is 3. The highest BCUT2D eigenvalue weighted by Gasteiger charge is 2.50. The van der Waals surface area contributed by atoms with E-state index in [1.165, 1.54) is 133 Å². The maximum atomic E-state index is 6.24. The van der Waals surface area contributed by atoms with E-state index in [1.807, 2.05) is 18.2 Å². The summed E-state index contributed by atoms with van der Waals surface area (Å²) in [6.07, 6.45) is 16.1. The summed E-state index contributed by atoms with van der Waals surface area (Å²) in [6.45, 7) is 17.5. The van der Waals surface area contributed by atoms with Gasteiger partial charge in [0.2, 0.25) is 0 Å². The van der Waals surface area contributed by atoms with Crippen LogP contribution in [0.1, 0.15) is 115 Å². The van der Waals surface area contributed by atoms with E-state index in [1.54, 1.807) is 0 Å². The highest BCUT2D eigenvalue weighted by Crippen LogP contribution is 2.52. The summed E-state index contributed by atoms with van der Waals surface area (Å²) in [5.41, 5.74) is 5.18. The van der Waals surface area contributed by atoms with E-state index in [4.69, 9.17) is 69.6 Å². The molecule has 3 heterocycles. The molecule has 3 saturated heterocycles. The van der Waals surface area contributed by atoms with E-state index >= 15 is 0 Å². The molecule has 0 unspecified atom stereocenters. The average molecular weight is 895 g/mol. The van der Waals surface area contributed by atoms with Gasteiger partial charge in [0.1, 0.15) is 0 Å². The van der Waals surface area contributed by atoms with Gasteiger partial charge in [-0.3, -0.25) is 0 Å². The summed E-state index contributed by atoms with van der Waals surface area (Å²) >= 11 is 37.0. The van der Waals surface area contributed by atoms with Gasteiger partial charge in [0.15, 0.2) is 0 Å². The van der Waals surface area contributed by atoms with Crippen LogP contribution in [0.25, 0.3) is 0 Å². The van der Waals surface area contributed by atoms with E-state index < -0.39 is 0 Å². The lowest BCUT2D eigenvalue weighted by Crippen LogP contribution is -2.38. The van der Waals surface area contributed by atoms with Gasteiger partial charge < -0.3 is 14.7 Å². The molecule has 0 amide bonds. The van der Waals surface area contributed by atoms with Gasteiger partial charge in [-0.15, -0.1) is 0 Å². The second kappa shape index (κ2) is 19.1.